The highest BCUT2D eigenvalue weighted by Gasteiger charge is 2.10. The first-order chi connectivity index (χ1) is 8.11. The average Bonchev–Trinajstić information content (AvgIpc) is 2.32. The molecule has 0 aliphatic carbocycles. The number of hydrogen-bond donors (Lipinski definition) is 1. The van der Waals surface area contributed by atoms with Crippen LogP contribution in [0.2, 0.25) is 10.0 Å². The van der Waals surface area contributed by atoms with Crippen molar-refractivity contribution >= 4 is 23.2 Å². The summed E-state index contributed by atoms with van der Waals surface area (Å²) in [5, 5.41) is 10.2. The molecule has 0 saturated heterocycles. The van der Waals surface area contributed by atoms with Gasteiger partial charge in [0.25, 0.3) is 0 Å². The largest absolute Gasteiger partial charge is 0.392 e. The summed E-state index contributed by atoms with van der Waals surface area (Å²) in [6, 6.07) is 9.12. The van der Waals surface area contributed by atoms with E-state index in [1.807, 2.05) is 0 Å². The molecule has 0 radical (unpaired) electrons. The lowest BCUT2D eigenvalue weighted by Crippen LogP contribution is -1.91. The van der Waals surface area contributed by atoms with E-state index in [4.69, 9.17) is 23.2 Å². The fourth-order valence-corrected chi connectivity index (χ4v) is 2.03. The Morgan fingerprint density at radius 2 is 1.76 bits per heavy atom. The zero-order chi connectivity index (χ0) is 12.4. The first-order valence-corrected chi connectivity index (χ1v) is 5.72. The van der Waals surface area contributed by atoms with Gasteiger partial charge in [-0.15, -0.1) is 0 Å². The van der Waals surface area contributed by atoms with Crippen LogP contribution >= 0.6 is 23.2 Å². The molecule has 0 heterocycles. The fraction of sp³-hybridized carbons (Fsp3) is 0.0769. The molecule has 2 aromatic carbocycles. The molecule has 0 aliphatic rings. The molecule has 2 rings (SSSR count). The topological polar surface area (TPSA) is 20.2 Å². The Kier molecular flexibility index (Phi) is 3.67. The first kappa shape index (κ1) is 12.4. The minimum absolute atomic E-state index is 0.182. The standard InChI is InChI=1S/C13H9Cl2FO/c14-9-2-4-13(15)12(5-9)11-6-10(16)3-1-8(11)7-17/h1-6,17H,7H2. The van der Waals surface area contributed by atoms with Crippen molar-refractivity contribution in [2.24, 2.45) is 0 Å². The summed E-state index contributed by atoms with van der Waals surface area (Å²) in [5.74, 6) is -0.381. The lowest BCUT2D eigenvalue weighted by atomic mass is 10.00. The fourth-order valence-electron chi connectivity index (χ4n) is 1.64. The van der Waals surface area contributed by atoms with Gasteiger partial charge in [-0.25, -0.2) is 4.39 Å². The van der Waals surface area contributed by atoms with Gasteiger partial charge < -0.3 is 5.11 Å². The molecule has 0 unspecified atom stereocenters. The molecule has 17 heavy (non-hydrogen) atoms. The Bertz CT molecular complexity index is 555. The molecule has 0 bridgehead atoms. The molecule has 1 nitrogen and oxygen atoms in total. The summed E-state index contributed by atoms with van der Waals surface area (Å²) in [4.78, 5) is 0. The Hall–Kier alpha value is -1.09. The van der Waals surface area contributed by atoms with Crippen LogP contribution in [0.4, 0.5) is 4.39 Å². The third-order valence-electron chi connectivity index (χ3n) is 2.46. The lowest BCUT2D eigenvalue weighted by Gasteiger charge is -2.10. The molecule has 0 atom stereocenters. The highest BCUT2D eigenvalue weighted by Crippen LogP contribution is 2.33. The monoisotopic (exact) mass is 270 g/mol. The molecular formula is C13H9Cl2FO. The van der Waals surface area contributed by atoms with Crippen molar-refractivity contribution in [3.8, 4) is 11.1 Å². The van der Waals surface area contributed by atoms with Gasteiger partial charge in [0, 0.05) is 15.6 Å². The third-order valence-corrected chi connectivity index (χ3v) is 3.03. The maximum absolute atomic E-state index is 13.2. The molecule has 0 fully saturated rings. The summed E-state index contributed by atoms with van der Waals surface area (Å²) >= 11 is 11.9. The molecule has 4 heteroatoms. The van der Waals surface area contributed by atoms with E-state index < -0.39 is 0 Å². The van der Waals surface area contributed by atoms with Crippen LogP contribution in [0.3, 0.4) is 0 Å². The number of benzene rings is 2. The first-order valence-electron chi connectivity index (χ1n) is 4.96. The second-order valence-electron chi connectivity index (χ2n) is 3.58. The lowest BCUT2D eigenvalue weighted by molar-refractivity contribution is 0.282. The summed E-state index contributed by atoms with van der Waals surface area (Å²) in [5.41, 5.74) is 1.78. The maximum Gasteiger partial charge on any atom is 0.123 e. The van der Waals surface area contributed by atoms with E-state index in [9.17, 15) is 9.50 Å². The molecule has 0 amide bonds. The van der Waals surface area contributed by atoms with Crippen molar-refractivity contribution < 1.29 is 9.50 Å². The minimum Gasteiger partial charge on any atom is -0.392 e. The van der Waals surface area contributed by atoms with Crippen LogP contribution in [0.25, 0.3) is 11.1 Å². The number of rotatable bonds is 2. The van der Waals surface area contributed by atoms with Crippen LogP contribution < -0.4 is 0 Å². The molecule has 88 valence electrons. The van der Waals surface area contributed by atoms with Gasteiger partial charge >= 0.3 is 0 Å². The minimum atomic E-state index is -0.381. The van der Waals surface area contributed by atoms with Gasteiger partial charge in [-0.3, -0.25) is 0 Å². The summed E-state index contributed by atoms with van der Waals surface area (Å²) in [6.45, 7) is -0.182. The van der Waals surface area contributed by atoms with Crippen molar-refractivity contribution in [2.75, 3.05) is 0 Å². The Morgan fingerprint density at radius 1 is 1.00 bits per heavy atom. The van der Waals surface area contributed by atoms with Crippen molar-refractivity contribution in [2.45, 2.75) is 6.61 Å². The molecule has 0 saturated carbocycles. The van der Waals surface area contributed by atoms with Crippen molar-refractivity contribution in [3.05, 3.63) is 57.8 Å². The number of hydrogen-bond acceptors (Lipinski definition) is 1. The molecule has 2 aromatic rings. The predicted molar refractivity (Wildman–Crippen MR) is 67.8 cm³/mol. The zero-order valence-electron chi connectivity index (χ0n) is 8.75. The van der Waals surface area contributed by atoms with Crippen LogP contribution in [-0.2, 0) is 6.61 Å². The van der Waals surface area contributed by atoms with E-state index in [0.717, 1.165) is 0 Å². The average molecular weight is 271 g/mol. The summed E-state index contributed by atoms with van der Waals surface area (Å²) in [7, 11) is 0. The molecular weight excluding hydrogens is 262 g/mol. The number of aliphatic hydroxyl groups is 1. The van der Waals surface area contributed by atoms with Gasteiger partial charge in [-0.1, -0.05) is 29.3 Å². The summed E-state index contributed by atoms with van der Waals surface area (Å²) in [6.07, 6.45) is 0. The van der Waals surface area contributed by atoms with Crippen LogP contribution in [0.5, 0.6) is 0 Å². The van der Waals surface area contributed by atoms with E-state index >= 15 is 0 Å². The van der Waals surface area contributed by atoms with E-state index in [2.05, 4.69) is 0 Å². The third kappa shape index (κ3) is 2.60. The molecule has 0 aromatic heterocycles. The molecule has 0 aliphatic heterocycles. The van der Waals surface area contributed by atoms with Crippen LogP contribution in [0.1, 0.15) is 5.56 Å². The number of aliphatic hydroxyl groups excluding tert-OH is 1. The quantitative estimate of drug-likeness (QED) is 0.863. The number of halogens is 3. The van der Waals surface area contributed by atoms with Gasteiger partial charge in [0.2, 0.25) is 0 Å². The van der Waals surface area contributed by atoms with Crippen molar-refractivity contribution in [1.82, 2.24) is 0 Å². The van der Waals surface area contributed by atoms with Gasteiger partial charge in [-0.2, -0.15) is 0 Å². The van der Waals surface area contributed by atoms with Gasteiger partial charge in [0.15, 0.2) is 0 Å². The molecule has 1 N–H and O–H groups in total. The van der Waals surface area contributed by atoms with Crippen LogP contribution in [-0.4, -0.2) is 5.11 Å². The smallest absolute Gasteiger partial charge is 0.123 e. The highest BCUT2D eigenvalue weighted by molar-refractivity contribution is 6.35. The van der Waals surface area contributed by atoms with Gasteiger partial charge in [0.1, 0.15) is 5.82 Å². The van der Waals surface area contributed by atoms with Crippen molar-refractivity contribution in [3.63, 3.8) is 0 Å². The van der Waals surface area contributed by atoms with Gasteiger partial charge in [-0.05, 0) is 41.5 Å². The van der Waals surface area contributed by atoms with E-state index in [0.29, 0.717) is 26.7 Å². The van der Waals surface area contributed by atoms with E-state index in [-0.39, 0.29) is 12.4 Å². The second-order valence-corrected chi connectivity index (χ2v) is 4.43. The van der Waals surface area contributed by atoms with E-state index in [1.54, 1.807) is 18.2 Å². The van der Waals surface area contributed by atoms with Crippen molar-refractivity contribution in [1.29, 1.82) is 0 Å². The SMILES string of the molecule is OCc1ccc(F)cc1-c1cc(Cl)ccc1Cl. The van der Waals surface area contributed by atoms with Crippen LogP contribution in [0.15, 0.2) is 36.4 Å². The van der Waals surface area contributed by atoms with Crippen LogP contribution in [0, 0.1) is 5.82 Å². The zero-order valence-corrected chi connectivity index (χ0v) is 10.3. The van der Waals surface area contributed by atoms with E-state index in [1.165, 1.54) is 18.2 Å². The Balaban J connectivity index is 2.66. The summed E-state index contributed by atoms with van der Waals surface area (Å²) < 4.78 is 13.2. The van der Waals surface area contributed by atoms with Gasteiger partial charge in [0.05, 0.1) is 6.61 Å². The predicted octanol–water partition coefficient (Wildman–Crippen LogP) is 4.29. The maximum atomic E-state index is 13.2. The Labute approximate surface area is 108 Å². The normalized spacial score (nSPS) is 10.6. The highest BCUT2D eigenvalue weighted by atomic mass is 35.5. The Morgan fingerprint density at radius 3 is 2.47 bits per heavy atom. The second kappa shape index (κ2) is 5.05. The molecule has 0 spiro atoms.